The molecule has 0 aliphatic carbocycles. The van der Waals surface area contributed by atoms with Crippen molar-refractivity contribution in [3.05, 3.63) is 0 Å². The van der Waals surface area contributed by atoms with Gasteiger partial charge in [-0.1, -0.05) is 69.7 Å². The molecule has 0 spiro atoms. The van der Waals surface area contributed by atoms with Gasteiger partial charge in [-0.25, -0.2) is 0 Å². The highest BCUT2D eigenvalue weighted by Gasteiger charge is 2.09. The van der Waals surface area contributed by atoms with E-state index in [0.29, 0.717) is 31.5 Å². The molecule has 0 aliphatic rings. The van der Waals surface area contributed by atoms with E-state index in [2.05, 4.69) is 34.6 Å². The van der Waals surface area contributed by atoms with Crippen LogP contribution >= 0.6 is 0 Å². The molecule has 0 amide bonds. The second kappa shape index (κ2) is 29.8. The largest absolute Gasteiger partial charge is 0.379 e. The average molecular weight is 455 g/mol. The number of hydrogen-bond acceptors (Lipinski definition) is 4. The minimum absolute atomic E-state index is 0. The van der Waals surface area contributed by atoms with E-state index in [1.54, 1.807) is 0 Å². The predicted octanol–water partition coefficient (Wildman–Crippen LogP) is 9.01. The molecule has 31 heavy (non-hydrogen) atoms. The zero-order chi connectivity index (χ0) is 22.6. The van der Waals surface area contributed by atoms with E-state index in [1.165, 1.54) is 19.3 Å². The first-order valence-corrected chi connectivity index (χ1v) is 11.2. The minimum atomic E-state index is 0. The van der Waals surface area contributed by atoms with Gasteiger partial charge in [-0.05, 0) is 66.2 Å². The first kappa shape index (κ1) is 44.5. The molecule has 0 fully saturated rings. The van der Waals surface area contributed by atoms with E-state index in [4.69, 9.17) is 18.9 Å². The Kier molecular flexibility index (Phi) is 42.8. The molecule has 4 heteroatoms. The lowest BCUT2D eigenvalue weighted by Gasteiger charge is -2.18. The van der Waals surface area contributed by atoms with Gasteiger partial charge < -0.3 is 18.9 Å². The highest BCUT2D eigenvalue weighted by molar-refractivity contribution is 4.61. The van der Waals surface area contributed by atoms with Crippen LogP contribution < -0.4 is 0 Å². The normalized spacial score (nSPS) is 10.5. The molecule has 0 aromatic rings. The fourth-order valence-electron chi connectivity index (χ4n) is 1.84. The van der Waals surface area contributed by atoms with Crippen molar-refractivity contribution in [3.8, 4) is 0 Å². The van der Waals surface area contributed by atoms with E-state index in [1.807, 2.05) is 48.5 Å². The van der Waals surface area contributed by atoms with Gasteiger partial charge in [0.1, 0.15) is 6.79 Å². The zero-order valence-corrected chi connectivity index (χ0v) is 21.4. The molecule has 0 N–H and O–H groups in total. The number of ether oxygens (including phenoxy) is 4. The Morgan fingerprint density at radius 2 is 1.06 bits per heavy atom. The predicted molar refractivity (Wildman–Crippen MR) is 143 cm³/mol. The summed E-state index contributed by atoms with van der Waals surface area (Å²) in [7, 11) is 0. The SMILES string of the molecule is C.C.C.CC(C)CCCC(C)(C)C.CC(C)OCOC(C)C.CCOCCOC(C)C. The van der Waals surface area contributed by atoms with Gasteiger partial charge in [0.25, 0.3) is 0 Å². The molecule has 0 unspecified atom stereocenters. The molecule has 0 aromatic heterocycles. The van der Waals surface area contributed by atoms with Crippen molar-refractivity contribution in [2.75, 3.05) is 26.6 Å². The summed E-state index contributed by atoms with van der Waals surface area (Å²) in [5, 5.41) is 0. The summed E-state index contributed by atoms with van der Waals surface area (Å²) in [6.07, 6.45) is 5.00. The van der Waals surface area contributed by atoms with Crippen LogP contribution in [-0.2, 0) is 18.9 Å². The summed E-state index contributed by atoms with van der Waals surface area (Å²) < 4.78 is 20.5. The Balaban J connectivity index is -0.0000000722. The fraction of sp³-hybridized carbons (Fsp3) is 1.00. The van der Waals surface area contributed by atoms with Gasteiger partial charge in [0.05, 0.1) is 31.5 Å². The van der Waals surface area contributed by atoms with E-state index >= 15 is 0 Å². The smallest absolute Gasteiger partial charge is 0.147 e. The Bertz CT molecular complexity index is 273. The topological polar surface area (TPSA) is 36.9 Å². The lowest BCUT2D eigenvalue weighted by Crippen LogP contribution is -2.11. The highest BCUT2D eigenvalue weighted by Crippen LogP contribution is 2.22. The van der Waals surface area contributed by atoms with Crippen molar-refractivity contribution in [1.82, 2.24) is 0 Å². The molecular formula is C27H66O4. The van der Waals surface area contributed by atoms with Gasteiger partial charge in [0.2, 0.25) is 0 Å². The van der Waals surface area contributed by atoms with E-state index in [9.17, 15) is 0 Å². The summed E-state index contributed by atoms with van der Waals surface area (Å²) in [6.45, 7) is 28.1. The molecule has 0 bridgehead atoms. The Morgan fingerprint density at radius 1 is 0.645 bits per heavy atom. The standard InChI is InChI=1S/C10H22.2C7H16O2.3CH4/c1-9(2)7-6-8-10(3,4)5;1-6(2)8-5-9-7(3)4;1-4-8-5-6-9-7(2)3;;;/h9H,6-8H2,1-5H3;6-7H,5H2,1-4H3;7H,4-6H2,1-3H3;3*1H4. The van der Waals surface area contributed by atoms with Gasteiger partial charge in [0.15, 0.2) is 0 Å². The van der Waals surface area contributed by atoms with Crippen LogP contribution in [-0.4, -0.2) is 44.9 Å². The van der Waals surface area contributed by atoms with Gasteiger partial charge in [-0.2, -0.15) is 0 Å². The van der Waals surface area contributed by atoms with Crippen molar-refractivity contribution in [3.63, 3.8) is 0 Å². The molecule has 0 atom stereocenters. The molecule has 0 aliphatic heterocycles. The van der Waals surface area contributed by atoms with Crippen molar-refractivity contribution >= 4 is 0 Å². The molecule has 4 nitrogen and oxygen atoms in total. The minimum Gasteiger partial charge on any atom is -0.379 e. The first-order chi connectivity index (χ1) is 12.8. The lowest BCUT2D eigenvalue weighted by atomic mass is 9.88. The first-order valence-electron chi connectivity index (χ1n) is 11.2. The Hall–Kier alpha value is -0.160. The van der Waals surface area contributed by atoms with Crippen LogP contribution in [0.25, 0.3) is 0 Å². The van der Waals surface area contributed by atoms with E-state index in [0.717, 1.165) is 12.5 Å². The molecule has 0 saturated carbocycles. The third-order valence-electron chi connectivity index (χ3n) is 3.39. The molecule has 0 heterocycles. The maximum Gasteiger partial charge on any atom is 0.147 e. The molecule has 0 aromatic carbocycles. The highest BCUT2D eigenvalue weighted by atomic mass is 16.7. The number of hydrogen-bond donors (Lipinski definition) is 0. The van der Waals surface area contributed by atoms with E-state index < -0.39 is 0 Å². The van der Waals surface area contributed by atoms with Crippen LogP contribution in [0.1, 0.15) is 125 Å². The summed E-state index contributed by atoms with van der Waals surface area (Å²) >= 11 is 0. The zero-order valence-electron chi connectivity index (χ0n) is 21.4. The van der Waals surface area contributed by atoms with Crippen molar-refractivity contribution < 1.29 is 18.9 Å². The van der Waals surface area contributed by atoms with Crippen LogP contribution in [0.4, 0.5) is 0 Å². The van der Waals surface area contributed by atoms with Crippen LogP contribution in [0.2, 0.25) is 0 Å². The monoisotopic (exact) mass is 454 g/mol. The Morgan fingerprint density at radius 3 is 1.35 bits per heavy atom. The quantitative estimate of drug-likeness (QED) is 0.218. The van der Waals surface area contributed by atoms with Gasteiger partial charge in [-0.3, -0.25) is 0 Å². The van der Waals surface area contributed by atoms with Crippen LogP contribution in [0.3, 0.4) is 0 Å². The van der Waals surface area contributed by atoms with Crippen molar-refractivity contribution in [1.29, 1.82) is 0 Å². The Labute approximate surface area is 200 Å². The van der Waals surface area contributed by atoms with Crippen molar-refractivity contribution in [2.24, 2.45) is 11.3 Å². The summed E-state index contributed by atoms with van der Waals surface area (Å²) in [4.78, 5) is 0. The van der Waals surface area contributed by atoms with Crippen LogP contribution in [0, 0.1) is 11.3 Å². The van der Waals surface area contributed by atoms with Crippen molar-refractivity contribution in [2.45, 2.75) is 143 Å². The van der Waals surface area contributed by atoms with Crippen LogP contribution in [0.5, 0.6) is 0 Å². The van der Waals surface area contributed by atoms with Gasteiger partial charge in [-0.15, -0.1) is 0 Å². The van der Waals surface area contributed by atoms with Gasteiger partial charge >= 0.3 is 0 Å². The molecule has 0 radical (unpaired) electrons. The second-order valence-electron chi connectivity index (χ2n) is 9.51. The van der Waals surface area contributed by atoms with Gasteiger partial charge in [0, 0.05) is 6.61 Å². The fourth-order valence-corrected chi connectivity index (χ4v) is 1.84. The summed E-state index contributed by atoms with van der Waals surface area (Å²) in [5.41, 5.74) is 0.537. The second-order valence-corrected chi connectivity index (χ2v) is 9.51. The number of rotatable bonds is 12. The third-order valence-corrected chi connectivity index (χ3v) is 3.39. The maximum atomic E-state index is 5.22. The maximum absolute atomic E-state index is 5.22. The molecular weight excluding hydrogens is 388 g/mol. The summed E-state index contributed by atoms with van der Waals surface area (Å²) in [6, 6.07) is 0. The average Bonchev–Trinajstić information content (AvgIpc) is 2.50. The molecule has 0 rings (SSSR count). The molecule has 0 saturated heterocycles. The lowest BCUT2D eigenvalue weighted by molar-refractivity contribution is -0.0994. The molecule has 198 valence electrons. The summed E-state index contributed by atoms with van der Waals surface area (Å²) in [5.74, 6) is 0.877. The van der Waals surface area contributed by atoms with E-state index in [-0.39, 0.29) is 34.5 Å². The van der Waals surface area contributed by atoms with Crippen LogP contribution in [0.15, 0.2) is 0 Å². The third kappa shape index (κ3) is 65.2.